The van der Waals surface area contributed by atoms with E-state index in [0.29, 0.717) is 5.92 Å². The Balaban J connectivity index is 1.08. The Morgan fingerprint density at radius 2 is 1.82 bits per heavy atom. The van der Waals surface area contributed by atoms with Gasteiger partial charge >= 0.3 is 0 Å². The number of furan rings is 1. The summed E-state index contributed by atoms with van der Waals surface area (Å²) in [6.07, 6.45) is 8.80. The molecule has 3 aliphatic rings. The Bertz CT molecular complexity index is 1120. The van der Waals surface area contributed by atoms with Gasteiger partial charge in [0.25, 0.3) is 0 Å². The third-order valence-corrected chi connectivity index (χ3v) is 7.37. The lowest BCUT2D eigenvalue weighted by Gasteiger charge is -2.37. The first-order valence-electron chi connectivity index (χ1n) is 12.1. The molecule has 0 radical (unpaired) electrons. The molecule has 0 spiro atoms. The summed E-state index contributed by atoms with van der Waals surface area (Å²) in [6, 6.07) is 15.0. The van der Waals surface area contributed by atoms with Gasteiger partial charge in [0.1, 0.15) is 5.82 Å². The third kappa shape index (κ3) is 4.15. The van der Waals surface area contributed by atoms with Crippen LogP contribution in [0.3, 0.4) is 0 Å². The SMILES string of the molecule is O=C([C@H]1C[C@@H](c2cccc(C3CC3)c2)CN1)N1CCN(c2ncccc2-c2ccoc2)CC1. The predicted octanol–water partition coefficient (Wildman–Crippen LogP) is 4.01. The number of hydrogen-bond donors (Lipinski definition) is 1. The number of nitrogens with zero attached hydrogens (tertiary/aromatic N) is 3. The number of piperazine rings is 1. The summed E-state index contributed by atoms with van der Waals surface area (Å²) < 4.78 is 5.27. The standard InChI is InChI=1S/C27H30N4O2/c32-27(25-16-23(17-29-25)21-4-1-3-20(15-21)19-6-7-19)31-12-10-30(11-13-31)26-24(5-2-9-28-26)22-8-14-33-18-22/h1-5,8-9,14-15,18-19,23,25,29H,6-7,10-13,16-17H2/t23-,25-/m1/s1. The maximum atomic E-state index is 13.3. The minimum absolute atomic E-state index is 0.0810. The van der Waals surface area contributed by atoms with Crippen molar-refractivity contribution >= 4 is 11.7 Å². The number of hydrogen-bond acceptors (Lipinski definition) is 5. The van der Waals surface area contributed by atoms with Gasteiger partial charge in [-0.1, -0.05) is 24.3 Å². The van der Waals surface area contributed by atoms with E-state index >= 15 is 0 Å². The Kier molecular flexibility index (Phi) is 5.38. The van der Waals surface area contributed by atoms with E-state index in [1.165, 1.54) is 24.0 Å². The summed E-state index contributed by atoms with van der Waals surface area (Å²) in [5.41, 5.74) is 4.96. The average molecular weight is 443 g/mol. The first kappa shape index (κ1) is 20.5. The van der Waals surface area contributed by atoms with Crippen LogP contribution in [-0.4, -0.2) is 54.6 Å². The molecule has 6 nitrogen and oxygen atoms in total. The van der Waals surface area contributed by atoms with E-state index in [0.717, 1.165) is 62.0 Å². The summed E-state index contributed by atoms with van der Waals surface area (Å²) in [6.45, 7) is 3.90. The molecule has 6 rings (SSSR count). The van der Waals surface area contributed by atoms with Gasteiger partial charge < -0.3 is 19.5 Å². The van der Waals surface area contributed by atoms with E-state index in [2.05, 4.69) is 45.5 Å². The molecule has 2 atom stereocenters. The lowest BCUT2D eigenvalue weighted by molar-refractivity contribution is -0.133. The topological polar surface area (TPSA) is 61.6 Å². The van der Waals surface area contributed by atoms with Gasteiger partial charge in [-0.3, -0.25) is 4.79 Å². The molecule has 3 fully saturated rings. The van der Waals surface area contributed by atoms with Crippen molar-refractivity contribution in [2.24, 2.45) is 0 Å². The molecule has 1 aliphatic carbocycles. The monoisotopic (exact) mass is 442 g/mol. The summed E-state index contributed by atoms with van der Waals surface area (Å²) in [5.74, 6) is 2.39. The normalized spacial score (nSPS) is 23.2. The van der Waals surface area contributed by atoms with Crippen molar-refractivity contribution < 1.29 is 9.21 Å². The average Bonchev–Trinajstić information content (AvgIpc) is 3.36. The van der Waals surface area contributed by atoms with Gasteiger partial charge in [-0.15, -0.1) is 0 Å². The molecule has 2 aromatic heterocycles. The molecule has 1 saturated carbocycles. The Labute approximate surface area is 194 Å². The summed E-state index contributed by atoms with van der Waals surface area (Å²) in [7, 11) is 0. The number of rotatable bonds is 5. The molecule has 170 valence electrons. The van der Waals surface area contributed by atoms with E-state index < -0.39 is 0 Å². The van der Waals surface area contributed by atoms with Crippen LogP contribution >= 0.6 is 0 Å². The maximum absolute atomic E-state index is 13.3. The van der Waals surface area contributed by atoms with Crippen LogP contribution < -0.4 is 10.2 Å². The number of pyridine rings is 1. The minimum Gasteiger partial charge on any atom is -0.472 e. The van der Waals surface area contributed by atoms with Gasteiger partial charge in [0.2, 0.25) is 5.91 Å². The summed E-state index contributed by atoms with van der Waals surface area (Å²) in [4.78, 5) is 22.2. The Hall–Kier alpha value is -3.12. The smallest absolute Gasteiger partial charge is 0.239 e. The predicted molar refractivity (Wildman–Crippen MR) is 128 cm³/mol. The highest BCUT2D eigenvalue weighted by Crippen LogP contribution is 2.41. The van der Waals surface area contributed by atoms with Crippen LogP contribution in [0.1, 0.15) is 42.2 Å². The molecule has 1 N–H and O–H groups in total. The highest BCUT2D eigenvalue weighted by Gasteiger charge is 2.35. The zero-order chi connectivity index (χ0) is 22.2. The van der Waals surface area contributed by atoms with Crippen molar-refractivity contribution in [1.29, 1.82) is 0 Å². The number of amides is 1. The van der Waals surface area contributed by atoms with Crippen molar-refractivity contribution in [1.82, 2.24) is 15.2 Å². The molecule has 1 aromatic carbocycles. The largest absolute Gasteiger partial charge is 0.472 e. The number of benzene rings is 1. The lowest BCUT2D eigenvalue weighted by Crippen LogP contribution is -2.53. The van der Waals surface area contributed by atoms with Crippen molar-refractivity contribution in [3.63, 3.8) is 0 Å². The molecule has 3 aromatic rings. The van der Waals surface area contributed by atoms with Gasteiger partial charge in [0.05, 0.1) is 18.6 Å². The van der Waals surface area contributed by atoms with E-state index in [9.17, 15) is 4.79 Å². The molecule has 2 aliphatic heterocycles. The van der Waals surface area contributed by atoms with Gasteiger partial charge in [-0.2, -0.15) is 0 Å². The second kappa shape index (κ2) is 8.67. The number of nitrogens with one attached hydrogen (secondary N) is 1. The molecule has 4 heterocycles. The zero-order valence-corrected chi connectivity index (χ0v) is 18.8. The molecule has 1 amide bonds. The fraction of sp³-hybridized carbons (Fsp3) is 0.407. The summed E-state index contributed by atoms with van der Waals surface area (Å²) >= 11 is 0. The fourth-order valence-corrected chi connectivity index (χ4v) is 5.31. The Morgan fingerprint density at radius 3 is 2.58 bits per heavy atom. The molecule has 0 bridgehead atoms. The van der Waals surface area contributed by atoms with Crippen molar-refractivity contribution in [2.75, 3.05) is 37.6 Å². The number of anilines is 1. The van der Waals surface area contributed by atoms with Crippen molar-refractivity contribution in [3.05, 3.63) is 72.3 Å². The van der Waals surface area contributed by atoms with Crippen LogP contribution in [-0.2, 0) is 4.79 Å². The van der Waals surface area contributed by atoms with Crippen LogP contribution in [0.4, 0.5) is 5.82 Å². The Morgan fingerprint density at radius 1 is 1.00 bits per heavy atom. The van der Waals surface area contributed by atoms with Gasteiger partial charge in [0, 0.05) is 50.0 Å². The van der Waals surface area contributed by atoms with Crippen LogP contribution in [0.5, 0.6) is 0 Å². The van der Waals surface area contributed by atoms with E-state index in [1.807, 2.05) is 23.2 Å². The number of carbonyl (C=O) groups is 1. The first-order valence-corrected chi connectivity index (χ1v) is 12.1. The van der Waals surface area contributed by atoms with Crippen LogP contribution in [0.25, 0.3) is 11.1 Å². The molecular formula is C27H30N4O2. The molecule has 2 saturated heterocycles. The lowest BCUT2D eigenvalue weighted by atomic mass is 9.93. The maximum Gasteiger partial charge on any atom is 0.239 e. The summed E-state index contributed by atoms with van der Waals surface area (Å²) in [5, 5.41) is 3.51. The molecule has 0 unspecified atom stereocenters. The van der Waals surface area contributed by atoms with E-state index in [1.54, 1.807) is 12.5 Å². The molecule has 6 heteroatoms. The minimum atomic E-state index is -0.0810. The third-order valence-electron chi connectivity index (χ3n) is 7.37. The van der Waals surface area contributed by atoms with Gasteiger partial charge in [0.15, 0.2) is 0 Å². The molecule has 33 heavy (non-hydrogen) atoms. The zero-order valence-electron chi connectivity index (χ0n) is 18.8. The van der Waals surface area contributed by atoms with Crippen LogP contribution in [0, 0.1) is 0 Å². The number of aromatic nitrogens is 1. The highest BCUT2D eigenvalue weighted by atomic mass is 16.3. The van der Waals surface area contributed by atoms with Crippen molar-refractivity contribution in [2.45, 2.75) is 37.1 Å². The first-order chi connectivity index (χ1) is 16.3. The van der Waals surface area contributed by atoms with Crippen molar-refractivity contribution in [3.8, 4) is 11.1 Å². The van der Waals surface area contributed by atoms with Crippen LogP contribution in [0.15, 0.2) is 65.6 Å². The highest BCUT2D eigenvalue weighted by molar-refractivity contribution is 5.83. The van der Waals surface area contributed by atoms with Crippen LogP contribution in [0.2, 0.25) is 0 Å². The van der Waals surface area contributed by atoms with E-state index in [-0.39, 0.29) is 11.9 Å². The fourth-order valence-electron chi connectivity index (χ4n) is 5.31. The quantitative estimate of drug-likeness (QED) is 0.647. The van der Waals surface area contributed by atoms with Gasteiger partial charge in [-0.25, -0.2) is 4.98 Å². The van der Waals surface area contributed by atoms with E-state index in [4.69, 9.17) is 4.42 Å². The molecular weight excluding hydrogens is 412 g/mol. The second-order valence-electron chi connectivity index (χ2n) is 9.54. The number of carbonyl (C=O) groups excluding carboxylic acids is 1. The second-order valence-corrected chi connectivity index (χ2v) is 9.54. The van der Waals surface area contributed by atoms with Gasteiger partial charge in [-0.05, 0) is 60.4 Å².